The van der Waals surface area contributed by atoms with Crippen molar-refractivity contribution >= 4 is 64.6 Å². The molecule has 0 fully saturated rings. The zero-order chi connectivity index (χ0) is 19.7. The number of hydrogen-bond acceptors (Lipinski definition) is 0. The molecule has 30 heavy (non-hydrogen) atoms. The lowest BCUT2D eigenvalue weighted by atomic mass is 9.92. The summed E-state index contributed by atoms with van der Waals surface area (Å²) in [5.41, 5.74) is 0. The highest BCUT2D eigenvalue weighted by molar-refractivity contribution is 6.24. The smallest absolute Gasteiger partial charge is 0.00266 e. The van der Waals surface area contributed by atoms with Crippen molar-refractivity contribution in [1.29, 1.82) is 0 Å². The van der Waals surface area contributed by atoms with E-state index in [0.717, 1.165) is 0 Å². The lowest BCUT2D eigenvalue weighted by Gasteiger charge is -2.11. The van der Waals surface area contributed by atoms with Crippen LogP contribution < -0.4 is 0 Å². The molecule has 0 aliphatic heterocycles. The van der Waals surface area contributed by atoms with E-state index in [1.807, 2.05) is 0 Å². The minimum Gasteiger partial charge on any atom is -0.0616 e. The molecule has 0 heterocycles. The van der Waals surface area contributed by atoms with Crippen molar-refractivity contribution in [3.8, 4) is 0 Å². The van der Waals surface area contributed by atoms with Gasteiger partial charge in [-0.2, -0.15) is 0 Å². The van der Waals surface area contributed by atoms with Gasteiger partial charge in [0.15, 0.2) is 0 Å². The molecule has 0 amide bonds. The maximum atomic E-state index is 2.38. The normalized spacial score (nSPS) is 12.0. The second kappa shape index (κ2) is 5.81. The van der Waals surface area contributed by atoms with Crippen LogP contribution in [-0.2, 0) is 0 Å². The number of rotatable bonds is 0. The molecule has 0 aromatic heterocycles. The summed E-state index contributed by atoms with van der Waals surface area (Å²) in [5, 5.41) is 15.7. The van der Waals surface area contributed by atoms with Gasteiger partial charge in [-0.05, 0) is 88.9 Å². The molecule has 0 bridgehead atoms. The predicted octanol–water partition coefficient (Wildman–Crippen LogP) is 8.61. The summed E-state index contributed by atoms with van der Waals surface area (Å²) < 4.78 is 0. The van der Waals surface area contributed by atoms with Gasteiger partial charge in [0.05, 0.1) is 0 Å². The van der Waals surface area contributed by atoms with E-state index in [1.165, 1.54) is 64.6 Å². The highest BCUT2D eigenvalue weighted by atomic mass is 14.1. The first kappa shape index (κ1) is 16.0. The van der Waals surface area contributed by atoms with E-state index < -0.39 is 0 Å². The zero-order valence-electron chi connectivity index (χ0n) is 16.4. The van der Waals surface area contributed by atoms with Crippen molar-refractivity contribution in [2.75, 3.05) is 0 Å². The van der Waals surface area contributed by atoms with Gasteiger partial charge in [0.1, 0.15) is 0 Å². The van der Waals surface area contributed by atoms with E-state index >= 15 is 0 Å². The van der Waals surface area contributed by atoms with Crippen LogP contribution in [0.25, 0.3) is 64.6 Å². The molecule has 0 heteroatoms. The first-order valence-electron chi connectivity index (χ1n) is 10.4. The summed E-state index contributed by atoms with van der Waals surface area (Å²) >= 11 is 0. The Bertz CT molecular complexity index is 1790. The van der Waals surface area contributed by atoms with Crippen LogP contribution in [0.1, 0.15) is 0 Å². The van der Waals surface area contributed by atoms with Crippen molar-refractivity contribution < 1.29 is 0 Å². The Labute approximate surface area is 174 Å². The molecule has 0 saturated heterocycles. The Hall–Kier alpha value is -3.90. The molecular weight excluding hydrogens is 360 g/mol. The van der Waals surface area contributed by atoms with Gasteiger partial charge in [0.2, 0.25) is 0 Å². The first-order chi connectivity index (χ1) is 14.8. The molecule has 7 rings (SSSR count). The average Bonchev–Trinajstić information content (AvgIpc) is 2.81. The predicted molar refractivity (Wildman–Crippen MR) is 131 cm³/mol. The van der Waals surface area contributed by atoms with Gasteiger partial charge in [0.25, 0.3) is 0 Å². The largest absolute Gasteiger partial charge is 0.0616 e. The Morgan fingerprint density at radius 3 is 1.50 bits per heavy atom. The van der Waals surface area contributed by atoms with Crippen molar-refractivity contribution in [3.63, 3.8) is 0 Å². The molecule has 0 atom stereocenters. The third-order valence-corrected chi connectivity index (χ3v) is 6.55. The van der Waals surface area contributed by atoms with Crippen LogP contribution in [0.3, 0.4) is 0 Å². The maximum Gasteiger partial charge on any atom is -0.00266 e. The SMILES string of the molecule is c1ccc2cc3c(ccc4cc5c(ccc6ccc7ccccc7c65)cc43)cc2c1. The van der Waals surface area contributed by atoms with Crippen molar-refractivity contribution in [3.05, 3.63) is 109 Å². The summed E-state index contributed by atoms with van der Waals surface area (Å²) in [5.74, 6) is 0. The van der Waals surface area contributed by atoms with Crippen LogP contribution in [0.2, 0.25) is 0 Å². The highest BCUT2D eigenvalue weighted by Gasteiger charge is 2.09. The number of benzene rings is 7. The Kier molecular flexibility index (Phi) is 3.09. The lowest BCUT2D eigenvalue weighted by molar-refractivity contribution is 1.78. The van der Waals surface area contributed by atoms with Gasteiger partial charge in [0, 0.05) is 0 Å². The van der Waals surface area contributed by atoms with Crippen LogP contribution in [0.5, 0.6) is 0 Å². The van der Waals surface area contributed by atoms with Crippen LogP contribution >= 0.6 is 0 Å². The molecule has 0 saturated carbocycles. The van der Waals surface area contributed by atoms with E-state index in [1.54, 1.807) is 0 Å². The van der Waals surface area contributed by atoms with Crippen molar-refractivity contribution in [2.24, 2.45) is 0 Å². The molecule has 0 radical (unpaired) electrons. The van der Waals surface area contributed by atoms with Crippen LogP contribution in [0.15, 0.2) is 109 Å². The van der Waals surface area contributed by atoms with Crippen LogP contribution in [0, 0.1) is 0 Å². The molecule has 0 aliphatic carbocycles. The molecule has 0 aliphatic rings. The fourth-order valence-corrected chi connectivity index (χ4v) is 5.07. The quantitative estimate of drug-likeness (QED) is 0.183. The molecule has 7 aromatic carbocycles. The Balaban J connectivity index is 1.66. The topological polar surface area (TPSA) is 0 Å². The average molecular weight is 378 g/mol. The Morgan fingerprint density at radius 1 is 0.267 bits per heavy atom. The van der Waals surface area contributed by atoms with Gasteiger partial charge in [-0.25, -0.2) is 0 Å². The van der Waals surface area contributed by atoms with Gasteiger partial charge in [-0.15, -0.1) is 0 Å². The second-order valence-corrected chi connectivity index (χ2v) is 8.23. The Morgan fingerprint density at radius 2 is 0.733 bits per heavy atom. The third-order valence-electron chi connectivity index (χ3n) is 6.55. The molecule has 0 nitrogen and oxygen atoms in total. The molecule has 0 spiro atoms. The fraction of sp³-hybridized carbons (Fsp3) is 0. The van der Waals surface area contributed by atoms with Crippen LogP contribution in [0.4, 0.5) is 0 Å². The molecule has 0 unspecified atom stereocenters. The monoisotopic (exact) mass is 378 g/mol. The second-order valence-electron chi connectivity index (χ2n) is 8.23. The fourth-order valence-electron chi connectivity index (χ4n) is 5.07. The molecule has 138 valence electrons. The number of hydrogen-bond donors (Lipinski definition) is 0. The van der Waals surface area contributed by atoms with Gasteiger partial charge in [-0.3, -0.25) is 0 Å². The van der Waals surface area contributed by atoms with Gasteiger partial charge >= 0.3 is 0 Å². The van der Waals surface area contributed by atoms with E-state index in [-0.39, 0.29) is 0 Å². The summed E-state index contributed by atoms with van der Waals surface area (Å²) in [4.78, 5) is 0. The minimum atomic E-state index is 1.29. The summed E-state index contributed by atoms with van der Waals surface area (Å²) in [6.45, 7) is 0. The summed E-state index contributed by atoms with van der Waals surface area (Å²) in [6.07, 6.45) is 0. The third kappa shape index (κ3) is 2.16. The summed E-state index contributed by atoms with van der Waals surface area (Å²) in [6, 6.07) is 40.3. The lowest BCUT2D eigenvalue weighted by Crippen LogP contribution is -1.84. The van der Waals surface area contributed by atoms with E-state index in [9.17, 15) is 0 Å². The van der Waals surface area contributed by atoms with Gasteiger partial charge < -0.3 is 0 Å². The zero-order valence-corrected chi connectivity index (χ0v) is 16.4. The van der Waals surface area contributed by atoms with E-state index in [2.05, 4.69) is 109 Å². The molecule has 0 N–H and O–H groups in total. The highest BCUT2D eigenvalue weighted by Crippen LogP contribution is 2.37. The van der Waals surface area contributed by atoms with Crippen molar-refractivity contribution in [1.82, 2.24) is 0 Å². The van der Waals surface area contributed by atoms with Crippen LogP contribution in [-0.4, -0.2) is 0 Å². The van der Waals surface area contributed by atoms with Crippen molar-refractivity contribution in [2.45, 2.75) is 0 Å². The molecular formula is C30H18. The summed E-state index contributed by atoms with van der Waals surface area (Å²) in [7, 11) is 0. The minimum absolute atomic E-state index is 1.29. The van der Waals surface area contributed by atoms with E-state index in [0.29, 0.717) is 0 Å². The standard InChI is InChI=1S/C30H18/c1-2-7-22-16-27-23(15-21(22)6-1)13-14-24-18-29-25(17-28(24)27)12-11-20-10-9-19-5-3-4-8-26(19)30(20)29/h1-18H. The number of fused-ring (bicyclic) bond motifs is 9. The van der Waals surface area contributed by atoms with E-state index in [4.69, 9.17) is 0 Å². The first-order valence-corrected chi connectivity index (χ1v) is 10.4. The molecule has 7 aromatic rings. The van der Waals surface area contributed by atoms with Gasteiger partial charge in [-0.1, -0.05) is 84.9 Å². The maximum absolute atomic E-state index is 2.38.